The van der Waals surface area contributed by atoms with Gasteiger partial charge >= 0.3 is 0 Å². The van der Waals surface area contributed by atoms with Gasteiger partial charge in [-0.25, -0.2) is 8.42 Å². The lowest BCUT2D eigenvalue weighted by Crippen LogP contribution is -2.46. The molecule has 1 heterocycles. The Labute approximate surface area is 137 Å². The van der Waals surface area contributed by atoms with Crippen LogP contribution in [0.2, 0.25) is 0 Å². The van der Waals surface area contributed by atoms with Crippen LogP contribution in [0, 0.1) is 0 Å². The first-order chi connectivity index (χ1) is 10.1. The van der Waals surface area contributed by atoms with E-state index in [1.807, 2.05) is 0 Å². The van der Waals surface area contributed by atoms with Crippen LogP contribution >= 0.6 is 12.4 Å². The van der Waals surface area contributed by atoms with Crippen molar-refractivity contribution >= 4 is 28.3 Å². The summed E-state index contributed by atoms with van der Waals surface area (Å²) >= 11 is 0. The first kappa shape index (κ1) is 18.9. The van der Waals surface area contributed by atoms with Gasteiger partial charge in [-0.2, -0.15) is 4.31 Å². The summed E-state index contributed by atoms with van der Waals surface area (Å²) in [6.45, 7) is 1.36. The minimum absolute atomic E-state index is 0. The van der Waals surface area contributed by atoms with Crippen LogP contribution in [-0.2, 0) is 14.8 Å². The average molecular weight is 348 g/mol. The SMILES string of the molecule is Cl.NCCCNC(=O)C1CCCN1S(=O)(=O)c1ccccc1. The quantitative estimate of drug-likeness (QED) is 0.742. The molecule has 1 unspecified atom stereocenters. The molecule has 6 nitrogen and oxygen atoms in total. The average Bonchev–Trinajstić information content (AvgIpc) is 2.98. The summed E-state index contributed by atoms with van der Waals surface area (Å²) in [5.41, 5.74) is 5.38. The highest BCUT2D eigenvalue weighted by Gasteiger charge is 2.39. The van der Waals surface area contributed by atoms with Crippen LogP contribution in [0.1, 0.15) is 19.3 Å². The molecule has 0 aliphatic carbocycles. The number of rotatable bonds is 6. The van der Waals surface area contributed by atoms with E-state index in [1.54, 1.807) is 30.3 Å². The molecule has 1 atom stereocenters. The summed E-state index contributed by atoms with van der Waals surface area (Å²) in [6.07, 6.45) is 1.94. The fourth-order valence-electron chi connectivity index (χ4n) is 2.45. The molecular formula is C14H22ClN3O3S. The molecule has 1 saturated heterocycles. The van der Waals surface area contributed by atoms with Crippen LogP contribution in [0.15, 0.2) is 35.2 Å². The molecule has 1 aromatic carbocycles. The van der Waals surface area contributed by atoms with E-state index in [4.69, 9.17) is 5.73 Å². The fourth-order valence-corrected chi connectivity index (χ4v) is 4.13. The summed E-state index contributed by atoms with van der Waals surface area (Å²) < 4.78 is 26.5. The van der Waals surface area contributed by atoms with Crippen LogP contribution < -0.4 is 11.1 Å². The normalized spacial score (nSPS) is 18.7. The lowest BCUT2D eigenvalue weighted by molar-refractivity contribution is -0.124. The molecule has 0 bridgehead atoms. The van der Waals surface area contributed by atoms with Gasteiger partial charge in [0.1, 0.15) is 6.04 Å². The highest BCUT2D eigenvalue weighted by atomic mass is 35.5. The fraction of sp³-hybridized carbons (Fsp3) is 0.500. The summed E-state index contributed by atoms with van der Waals surface area (Å²) in [6, 6.07) is 7.61. The molecule has 1 amide bonds. The first-order valence-corrected chi connectivity index (χ1v) is 8.56. The zero-order valence-corrected chi connectivity index (χ0v) is 13.9. The van der Waals surface area contributed by atoms with Crippen molar-refractivity contribution in [3.8, 4) is 0 Å². The van der Waals surface area contributed by atoms with Gasteiger partial charge in [0.05, 0.1) is 4.90 Å². The summed E-state index contributed by atoms with van der Waals surface area (Å²) in [5.74, 6) is -0.236. The molecule has 0 saturated carbocycles. The number of hydrogen-bond donors (Lipinski definition) is 2. The molecule has 0 radical (unpaired) electrons. The van der Waals surface area contributed by atoms with Crippen molar-refractivity contribution in [1.82, 2.24) is 9.62 Å². The van der Waals surface area contributed by atoms with Crippen LogP contribution in [-0.4, -0.2) is 44.3 Å². The number of carbonyl (C=O) groups excluding carboxylic acids is 1. The lowest BCUT2D eigenvalue weighted by Gasteiger charge is -2.23. The van der Waals surface area contributed by atoms with Crippen molar-refractivity contribution in [2.75, 3.05) is 19.6 Å². The van der Waals surface area contributed by atoms with Gasteiger partial charge in [-0.1, -0.05) is 18.2 Å². The maximum atomic E-state index is 12.6. The van der Waals surface area contributed by atoms with E-state index in [0.29, 0.717) is 38.9 Å². The number of benzene rings is 1. The molecule has 0 spiro atoms. The van der Waals surface area contributed by atoms with Gasteiger partial charge in [-0.3, -0.25) is 4.79 Å². The third-order valence-corrected chi connectivity index (χ3v) is 5.46. The highest BCUT2D eigenvalue weighted by Crippen LogP contribution is 2.25. The van der Waals surface area contributed by atoms with Crippen molar-refractivity contribution in [2.24, 2.45) is 5.73 Å². The van der Waals surface area contributed by atoms with Crippen LogP contribution in [0.4, 0.5) is 0 Å². The third-order valence-electron chi connectivity index (χ3n) is 3.54. The predicted molar refractivity (Wildman–Crippen MR) is 87.3 cm³/mol. The number of hydrogen-bond acceptors (Lipinski definition) is 4. The first-order valence-electron chi connectivity index (χ1n) is 7.12. The van der Waals surface area contributed by atoms with Crippen LogP contribution in [0.3, 0.4) is 0 Å². The second-order valence-electron chi connectivity index (χ2n) is 5.02. The van der Waals surface area contributed by atoms with E-state index in [2.05, 4.69) is 5.32 Å². The maximum absolute atomic E-state index is 12.6. The Morgan fingerprint density at radius 1 is 1.32 bits per heavy atom. The van der Waals surface area contributed by atoms with Gasteiger partial charge < -0.3 is 11.1 Å². The lowest BCUT2D eigenvalue weighted by atomic mass is 10.2. The van der Waals surface area contributed by atoms with Crippen molar-refractivity contribution in [3.05, 3.63) is 30.3 Å². The molecule has 1 aromatic rings. The van der Waals surface area contributed by atoms with Gasteiger partial charge in [0.25, 0.3) is 0 Å². The van der Waals surface area contributed by atoms with Crippen molar-refractivity contribution in [2.45, 2.75) is 30.2 Å². The molecule has 22 heavy (non-hydrogen) atoms. The van der Waals surface area contributed by atoms with Gasteiger partial charge in [0, 0.05) is 13.1 Å². The van der Waals surface area contributed by atoms with E-state index < -0.39 is 16.1 Å². The molecule has 8 heteroatoms. The van der Waals surface area contributed by atoms with Gasteiger partial charge in [0.2, 0.25) is 15.9 Å². The maximum Gasteiger partial charge on any atom is 0.243 e. The Balaban J connectivity index is 0.00000242. The molecule has 2 rings (SSSR count). The molecule has 0 aromatic heterocycles. The van der Waals surface area contributed by atoms with E-state index in [0.717, 1.165) is 0 Å². The van der Waals surface area contributed by atoms with Crippen molar-refractivity contribution in [1.29, 1.82) is 0 Å². The van der Waals surface area contributed by atoms with Gasteiger partial charge in [-0.05, 0) is 37.9 Å². The van der Waals surface area contributed by atoms with E-state index in [1.165, 1.54) is 4.31 Å². The number of carbonyl (C=O) groups is 1. The second-order valence-corrected chi connectivity index (χ2v) is 6.91. The van der Waals surface area contributed by atoms with Gasteiger partial charge in [0.15, 0.2) is 0 Å². The van der Waals surface area contributed by atoms with E-state index in [9.17, 15) is 13.2 Å². The Kier molecular flexibility index (Phi) is 7.28. The number of nitrogens with two attached hydrogens (primary N) is 1. The third kappa shape index (κ3) is 4.19. The van der Waals surface area contributed by atoms with E-state index in [-0.39, 0.29) is 23.2 Å². The smallest absolute Gasteiger partial charge is 0.243 e. The number of amides is 1. The largest absolute Gasteiger partial charge is 0.355 e. The predicted octanol–water partition coefficient (Wildman–Crippen LogP) is 0.726. The minimum atomic E-state index is -3.62. The molecule has 1 aliphatic heterocycles. The van der Waals surface area contributed by atoms with E-state index >= 15 is 0 Å². The molecular weight excluding hydrogens is 326 g/mol. The molecule has 3 N–H and O–H groups in total. The highest BCUT2D eigenvalue weighted by molar-refractivity contribution is 7.89. The zero-order valence-electron chi connectivity index (χ0n) is 12.3. The monoisotopic (exact) mass is 347 g/mol. The molecule has 1 aliphatic rings. The molecule has 1 fully saturated rings. The zero-order chi connectivity index (χ0) is 15.3. The van der Waals surface area contributed by atoms with Gasteiger partial charge in [-0.15, -0.1) is 12.4 Å². The minimum Gasteiger partial charge on any atom is -0.355 e. The molecule has 124 valence electrons. The Bertz CT molecular complexity index is 580. The summed E-state index contributed by atoms with van der Waals surface area (Å²) in [4.78, 5) is 12.4. The Morgan fingerprint density at radius 3 is 2.64 bits per heavy atom. The van der Waals surface area contributed by atoms with Crippen LogP contribution in [0.25, 0.3) is 0 Å². The topological polar surface area (TPSA) is 92.5 Å². The number of halogens is 1. The Morgan fingerprint density at radius 2 is 2.00 bits per heavy atom. The van der Waals surface area contributed by atoms with Crippen molar-refractivity contribution < 1.29 is 13.2 Å². The van der Waals surface area contributed by atoms with Crippen molar-refractivity contribution in [3.63, 3.8) is 0 Å². The standard InChI is InChI=1S/C14H21N3O3S.ClH/c15-9-5-10-16-14(18)13-8-4-11-17(13)21(19,20)12-6-2-1-3-7-12;/h1-3,6-7,13H,4-5,8-11,15H2,(H,16,18);1H. The number of nitrogens with zero attached hydrogens (tertiary/aromatic N) is 1. The van der Waals surface area contributed by atoms with Crippen LogP contribution in [0.5, 0.6) is 0 Å². The Hall–Kier alpha value is -1.15. The second kappa shape index (κ2) is 8.47. The number of nitrogens with one attached hydrogen (secondary N) is 1. The number of sulfonamides is 1. The summed E-state index contributed by atoms with van der Waals surface area (Å²) in [7, 11) is -3.62. The summed E-state index contributed by atoms with van der Waals surface area (Å²) in [5, 5.41) is 2.75.